The second kappa shape index (κ2) is 13.7. The first-order valence-corrected chi connectivity index (χ1v) is 10.4. The fourth-order valence-electron chi connectivity index (χ4n) is 3.09. The number of carboxylic acid groups (broad SMARTS) is 2. The third kappa shape index (κ3) is 10.0. The van der Waals surface area contributed by atoms with Crippen molar-refractivity contribution in [2.75, 3.05) is 39.3 Å². The van der Waals surface area contributed by atoms with E-state index < -0.39 is 11.9 Å². The molecule has 1 fully saturated rings. The zero-order valence-corrected chi connectivity index (χ0v) is 17.9. The summed E-state index contributed by atoms with van der Waals surface area (Å²) in [5.74, 6) is -3.55. The summed E-state index contributed by atoms with van der Waals surface area (Å²) in [6.45, 7) is 5.94. The highest BCUT2D eigenvalue weighted by atomic mass is 16.4. The Kier molecular flexibility index (Phi) is 10.6. The van der Waals surface area contributed by atoms with Gasteiger partial charge in [-0.3, -0.25) is 14.6 Å². The minimum atomic E-state index is -1.82. The summed E-state index contributed by atoms with van der Waals surface area (Å²) in [5.41, 5.74) is 2.37. The average Bonchev–Trinajstić information content (AvgIpc) is 2.81. The van der Waals surface area contributed by atoms with Crippen molar-refractivity contribution in [1.29, 1.82) is 0 Å². The number of aliphatic carboxylic acids is 2. The lowest BCUT2D eigenvalue weighted by Crippen LogP contribution is -2.49. The van der Waals surface area contributed by atoms with Crippen LogP contribution in [-0.2, 0) is 20.9 Å². The maximum absolute atomic E-state index is 12.1. The molecule has 8 heteroatoms. The molecule has 0 bridgehead atoms. The van der Waals surface area contributed by atoms with Gasteiger partial charge in [-0.15, -0.1) is 0 Å². The third-order valence-corrected chi connectivity index (χ3v) is 4.82. The number of hydrogen-bond acceptors (Lipinski definition) is 5. The van der Waals surface area contributed by atoms with Crippen LogP contribution in [0, 0.1) is 0 Å². The highest BCUT2D eigenvalue weighted by molar-refractivity contribution is 6.27. The number of nitrogens with zero attached hydrogens (tertiary/aromatic N) is 2. The van der Waals surface area contributed by atoms with Crippen molar-refractivity contribution in [2.24, 2.45) is 0 Å². The van der Waals surface area contributed by atoms with Crippen LogP contribution in [0.25, 0.3) is 6.08 Å². The Labute approximate surface area is 187 Å². The van der Waals surface area contributed by atoms with Gasteiger partial charge in [0.1, 0.15) is 0 Å². The van der Waals surface area contributed by atoms with E-state index in [2.05, 4.69) is 51.5 Å². The van der Waals surface area contributed by atoms with E-state index >= 15 is 0 Å². The molecule has 1 saturated heterocycles. The van der Waals surface area contributed by atoms with E-state index in [0.29, 0.717) is 13.1 Å². The molecule has 32 heavy (non-hydrogen) atoms. The maximum Gasteiger partial charge on any atom is 0.414 e. The summed E-state index contributed by atoms with van der Waals surface area (Å²) < 4.78 is 0. The Hall–Kier alpha value is -3.49. The zero-order valence-electron chi connectivity index (χ0n) is 17.9. The monoisotopic (exact) mass is 439 g/mol. The lowest BCUT2D eigenvalue weighted by Gasteiger charge is -2.33. The van der Waals surface area contributed by atoms with Gasteiger partial charge in [-0.05, 0) is 11.1 Å². The molecule has 0 unspecified atom stereocenters. The molecule has 0 radical (unpaired) electrons. The summed E-state index contributed by atoms with van der Waals surface area (Å²) in [6, 6.07) is 20.4. The lowest BCUT2D eigenvalue weighted by molar-refractivity contribution is -0.159. The first-order valence-electron chi connectivity index (χ1n) is 10.4. The molecule has 0 aromatic heterocycles. The molecule has 2 aromatic rings. The van der Waals surface area contributed by atoms with Gasteiger partial charge in [-0.25, -0.2) is 9.59 Å². The van der Waals surface area contributed by atoms with E-state index in [9.17, 15) is 4.79 Å². The fraction of sp³-hybridized carbons (Fsp3) is 0.292. The van der Waals surface area contributed by atoms with Crippen LogP contribution >= 0.6 is 0 Å². The summed E-state index contributed by atoms with van der Waals surface area (Å²) >= 11 is 0. The molecule has 1 aliphatic rings. The van der Waals surface area contributed by atoms with E-state index in [-0.39, 0.29) is 5.91 Å². The van der Waals surface area contributed by atoms with Crippen LogP contribution in [0.3, 0.4) is 0 Å². The Morgan fingerprint density at radius 2 is 1.34 bits per heavy atom. The van der Waals surface area contributed by atoms with Crippen molar-refractivity contribution in [3.63, 3.8) is 0 Å². The number of carbonyl (C=O) groups is 3. The van der Waals surface area contributed by atoms with Gasteiger partial charge in [-0.2, -0.15) is 0 Å². The fourth-order valence-corrected chi connectivity index (χ4v) is 3.09. The minimum Gasteiger partial charge on any atom is -0.473 e. The topological polar surface area (TPSA) is 110 Å². The average molecular weight is 440 g/mol. The number of piperazine rings is 1. The first kappa shape index (κ1) is 24.8. The van der Waals surface area contributed by atoms with Crippen molar-refractivity contribution >= 4 is 23.9 Å². The van der Waals surface area contributed by atoms with Crippen LogP contribution < -0.4 is 5.32 Å². The number of rotatable bonds is 7. The smallest absolute Gasteiger partial charge is 0.414 e. The van der Waals surface area contributed by atoms with E-state index in [1.807, 2.05) is 36.4 Å². The van der Waals surface area contributed by atoms with Crippen molar-refractivity contribution < 1.29 is 24.6 Å². The highest BCUT2D eigenvalue weighted by Gasteiger charge is 2.17. The van der Waals surface area contributed by atoms with Crippen LogP contribution in [-0.4, -0.2) is 77.1 Å². The van der Waals surface area contributed by atoms with Crippen LogP contribution in [0.15, 0.2) is 66.7 Å². The standard InChI is InChI=1S/C22H27N3O.C2H2O4/c26-22(23-18-21-10-5-2-6-11-21)19-25-16-14-24(15-17-25)13-7-12-20-8-3-1-4-9-20;3-1(4)2(5)6/h1-12H,13-19H2,(H,23,26);(H,3,4)(H,5,6)/b12-7+;. The maximum atomic E-state index is 12.1. The van der Waals surface area contributed by atoms with E-state index in [1.54, 1.807) is 0 Å². The van der Waals surface area contributed by atoms with Crippen LogP contribution in [0.1, 0.15) is 11.1 Å². The van der Waals surface area contributed by atoms with Gasteiger partial charge in [0, 0.05) is 39.3 Å². The van der Waals surface area contributed by atoms with Crippen LogP contribution in [0.2, 0.25) is 0 Å². The molecule has 0 aliphatic carbocycles. The van der Waals surface area contributed by atoms with Gasteiger partial charge in [0.25, 0.3) is 0 Å². The van der Waals surface area contributed by atoms with Gasteiger partial charge in [-0.1, -0.05) is 72.8 Å². The molecule has 3 N–H and O–H groups in total. The van der Waals surface area contributed by atoms with Gasteiger partial charge in [0.2, 0.25) is 5.91 Å². The van der Waals surface area contributed by atoms with E-state index in [0.717, 1.165) is 38.3 Å². The second-order valence-electron chi connectivity index (χ2n) is 7.26. The first-order chi connectivity index (χ1) is 15.4. The molecular formula is C24H29N3O5. The molecule has 2 aromatic carbocycles. The molecule has 170 valence electrons. The van der Waals surface area contributed by atoms with E-state index in [4.69, 9.17) is 19.8 Å². The number of carbonyl (C=O) groups excluding carboxylic acids is 1. The van der Waals surface area contributed by atoms with E-state index in [1.165, 1.54) is 5.56 Å². The summed E-state index contributed by atoms with van der Waals surface area (Å²) in [4.78, 5) is 35.0. The largest absolute Gasteiger partial charge is 0.473 e. The SMILES string of the molecule is O=C(CN1CCN(C/C=C/c2ccccc2)CC1)NCc1ccccc1.O=C(O)C(=O)O. The Morgan fingerprint density at radius 3 is 1.91 bits per heavy atom. The van der Waals surface area contributed by atoms with Crippen molar-refractivity contribution in [3.05, 3.63) is 77.9 Å². The number of carboxylic acids is 2. The summed E-state index contributed by atoms with van der Waals surface area (Å²) in [5, 5.41) is 17.8. The molecule has 1 heterocycles. The number of hydrogen-bond donors (Lipinski definition) is 3. The normalized spacial score (nSPS) is 14.4. The van der Waals surface area contributed by atoms with Gasteiger partial charge in [0.05, 0.1) is 6.54 Å². The Bertz CT molecular complexity index is 867. The molecule has 1 aliphatic heterocycles. The lowest BCUT2D eigenvalue weighted by atomic mass is 10.2. The number of nitrogens with one attached hydrogen (secondary N) is 1. The molecule has 8 nitrogen and oxygen atoms in total. The summed E-state index contributed by atoms with van der Waals surface area (Å²) in [6.07, 6.45) is 4.39. The minimum absolute atomic E-state index is 0.103. The van der Waals surface area contributed by atoms with Crippen LogP contribution in [0.5, 0.6) is 0 Å². The number of benzene rings is 2. The van der Waals surface area contributed by atoms with Gasteiger partial charge in [0.15, 0.2) is 0 Å². The highest BCUT2D eigenvalue weighted by Crippen LogP contribution is 2.05. The molecule has 0 atom stereocenters. The summed E-state index contributed by atoms with van der Waals surface area (Å²) in [7, 11) is 0. The van der Waals surface area contributed by atoms with Crippen LogP contribution in [0.4, 0.5) is 0 Å². The molecule has 0 spiro atoms. The van der Waals surface area contributed by atoms with Crippen molar-refractivity contribution in [2.45, 2.75) is 6.54 Å². The van der Waals surface area contributed by atoms with Gasteiger partial charge >= 0.3 is 11.9 Å². The Balaban J connectivity index is 0.000000534. The predicted molar refractivity (Wildman–Crippen MR) is 122 cm³/mol. The molecule has 1 amide bonds. The Morgan fingerprint density at radius 1 is 0.812 bits per heavy atom. The van der Waals surface area contributed by atoms with Gasteiger partial charge < -0.3 is 15.5 Å². The van der Waals surface area contributed by atoms with Crippen molar-refractivity contribution in [1.82, 2.24) is 15.1 Å². The molecule has 0 saturated carbocycles. The zero-order chi connectivity index (χ0) is 23.2. The van der Waals surface area contributed by atoms with Crippen molar-refractivity contribution in [3.8, 4) is 0 Å². The molecular weight excluding hydrogens is 410 g/mol. The number of amides is 1. The quantitative estimate of drug-likeness (QED) is 0.564. The third-order valence-electron chi connectivity index (χ3n) is 4.82. The predicted octanol–water partition coefficient (Wildman–Crippen LogP) is 1.79. The second-order valence-corrected chi connectivity index (χ2v) is 7.26. The molecule has 3 rings (SSSR count).